The molecular weight excluding hydrogens is 567 g/mol. The lowest BCUT2D eigenvalue weighted by Gasteiger charge is -2.42. The monoisotopic (exact) mass is 606 g/mol. The van der Waals surface area contributed by atoms with Crippen LogP contribution in [-0.4, -0.2) is 69.3 Å². The van der Waals surface area contributed by atoms with Crippen LogP contribution < -0.4 is 15.4 Å². The zero-order chi connectivity index (χ0) is 30.8. The molecule has 0 bridgehead atoms. The van der Waals surface area contributed by atoms with Crippen LogP contribution in [0, 0.1) is 23.6 Å². The number of terminal acetylenes is 1. The highest BCUT2D eigenvalue weighted by Gasteiger charge is 2.46. The summed E-state index contributed by atoms with van der Waals surface area (Å²) in [5, 5.41) is 12.5. The molecule has 1 atom stereocenters. The van der Waals surface area contributed by atoms with Gasteiger partial charge in [0.25, 0.3) is 0 Å². The largest absolute Gasteiger partial charge is 0.508 e. The SMILES string of the molecule is C#Cc1cccc2cc(O)cc(-c3ncc4c(N5CCC6(CCCC6N)CC5)nc(OCC56CCCN5CCC6)nc4c3F)c12. The van der Waals surface area contributed by atoms with E-state index in [1.54, 1.807) is 12.3 Å². The zero-order valence-corrected chi connectivity index (χ0v) is 25.6. The van der Waals surface area contributed by atoms with Crippen molar-refractivity contribution in [3.05, 3.63) is 47.9 Å². The molecule has 45 heavy (non-hydrogen) atoms. The number of phenols is 1. The lowest BCUT2D eigenvalue weighted by Crippen LogP contribution is -2.47. The van der Waals surface area contributed by atoms with E-state index in [9.17, 15) is 5.11 Å². The first-order valence-electron chi connectivity index (χ1n) is 16.4. The van der Waals surface area contributed by atoms with E-state index in [1.807, 2.05) is 18.2 Å². The second kappa shape index (κ2) is 10.8. The van der Waals surface area contributed by atoms with Crippen LogP contribution in [0.25, 0.3) is 32.9 Å². The Bertz CT molecular complexity index is 1840. The fourth-order valence-corrected chi connectivity index (χ4v) is 8.84. The molecule has 8 nitrogen and oxygen atoms in total. The molecule has 2 aromatic heterocycles. The maximum atomic E-state index is 16.8. The van der Waals surface area contributed by atoms with Crippen LogP contribution in [0.1, 0.15) is 63.4 Å². The summed E-state index contributed by atoms with van der Waals surface area (Å²) in [4.78, 5) is 19.0. The van der Waals surface area contributed by atoms with E-state index in [1.165, 1.54) is 12.5 Å². The summed E-state index contributed by atoms with van der Waals surface area (Å²) in [6.45, 7) is 4.22. The molecule has 1 spiro atoms. The first-order chi connectivity index (χ1) is 21.9. The predicted molar refractivity (Wildman–Crippen MR) is 174 cm³/mol. The summed E-state index contributed by atoms with van der Waals surface area (Å²) in [7, 11) is 0. The number of aromatic hydroxyl groups is 1. The van der Waals surface area contributed by atoms with Crippen LogP contribution in [0.5, 0.6) is 11.8 Å². The van der Waals surface area contributed by atoms with E-state index in [0.29, 0.717) is 39.7 Å². The van der Waals surface area contributed by atoms with Crippen LogP contribution >= 0.6 is 0 Å². The van der Waals surface area contributed by atoms with Crippen LogP contribution in [0.4, 0.5) is 10.2 Å². The van der Waals surface area contributed by atoms with E-state index in [2.05, 4.69) is 20.7 Å². The molecule has 4 aliphatic rings. The van der Waals surface area contributed by atoms with Crippen molar-refractivity contribution in [1.29, 1.82) is 0 Å². The number of halogens is 1. The Morgan fingerprint density at radius 2 is 1.84 bits per heavy atom. The number of hydrogen-bond acceptors (Lipinski definition) is 8. The Kier molecular flexibility index (Phi) is 6.84. The standard InChI is InChI=1S/C36H39FN6O2/c1-2-23-7-3-8-24-19-25(44)20-26(29(23)24)31-30(37)32-27(21-39-31)33(42-17-13-35(14-18-42)10-4-9-28(35)38)41-34(40-32)45-22-36-11-5-15-43(36)16-6-12-36/h1,3,7-8,19-21,28,44H,4-6,9-18,22,38H2. The third-order valence-corrected chi connectivity index (χ3v) is 11.3. The summed E-state index contributed by atoms with van der Waals surface area (Å²) < 4.78 is 23.2. The number of nitrogens with zero attached hydrogens (tertiary/aromatic N) is 5. The van der Waals surface area contributed by atoms with Crippen LogP contribution in [0.3, 0.4) is 0 Å². The minimum atomic E-state index is -0.590. The Hall–Kier alpha value is -4.00. The highest BCUT2D eigenvalue weighted by atomic mass is 19.1. The van der Waals surface area contributed by atoms with Gasteiger partial charge in [0, 0.05) is 41.8 Å². The fourth-order valence-electron chi connectivity index (χ4n) is 8.84. The van der Waals surface area contributed by atoms with E-state index in [0.717, 1.165) is 77.5 Å². The van der Waals surface area contributed by atoms with Gasteiger partial charge in [-0.2, -0.15) is 9.97 Å². The number of piperidine rings is 1. The zero-order valence-electron chi connectivity index (χ0n) is 25.6. The third kappa shape index (κ3) is 4.60. The molecule has 8 rings (SSSR count). The van der Waals surface area contributed by atoms with Crippen molar-refractivity contribution in [2.45, 2.75) is 69.4 Å². The number of nitrogens with two attached hydrogens (primary N) is 1. The number of pyridine rings is 1. The second-order valence-electron chi connectivity index (χ2n) is 13.6. The van der Waals surface area contributed by atoms with Crippen LogP contribution in [-0.2, 0) is 0 Å². The average Bonchev–Trinajstić information content (AvgIpc) is 3.74. The maximum Gasteiger partial charge on any atom is 0.319 e. The molecule has 1 saturated carbocycles. The highest BCUT2D eigenvalue weighted by molar-refractivity contribution is 6.02. The summed E-state index contributed by atoms with van der Waals surface area (Å²) in [5.41, 5.74) is 8.01. The van der Waals surface area contributed by atoms with E-state index >= 15 is 4.39 Å². The molecule has 0 radical (unpaired) electrons. The van der Waals surface area contributed by atoms with E-state index in [4.69, 9.17) is 26.9 Å². The molecule has 2 aromatic carbocycles. The quantitative estimate of drug-likeness (QED) is 0.276. The molecule has 4 aromatic rings. The Morgan fingerprint density at radius 1 is 1.04 bits per heavy atom. The minimum Gasteiger partial charge on any atom is -0.508 e. The molecule has 232 valence electrons. The minimum absolute atomic E-state index is 0.00263. The maximum absolute atomic E-state index is 16.8. The predicted octanol–water partition coefficient (Wildman–Crippen LogP) is 5.78. The molecule has 3 saturated heterocycles. The Labute approximate surface area is 262 Å². The fraction of sp³-hybridized carbons (Fsp3) is 0.472. The molecule has 5 heterocycles. The van der Waals surface area contributed by atoms with Crippen molar-refractivity contribution < 1.29 is 14.2 Å². The van der Waals surface area contributed by atoms with Gasteiger partial charge in [0.1, 0.15) is 29.4 Å². The lowest BCUT2D eigenvalue weighted by molar-refractivity contribution is 0.107. The van der Waals surface area contributed by atoms with Crippen LogP contribution in [0.15, 0.2) is 36.5 Å². The second-order valence-corrected chi connectivity index (χ2v) is 13.6. The van der Waals surface area contributed by atoms with Gasteiger partial charge in [0.05, 0.1) is 10.9 Å². The van der Waals surface area contributed by atoms with Gasteiger partial charge < -0.3 is 20.5 Å². The molecule has 1 unspecified atom stereocenters. The molecule has 3 N–H and O–H groups in total. The number of phenolic OH excluding ortho intramolecular Hbond substituents is 1. The smallest absolute Gasteiger partial charge is 0.319 e. The topological polar surface area (TPSA) is 101 Å². The first kappa shape index (κ1) is 28.5. The number of fused-ring (bicyclic) bond motifs is 3. The van der Waals surface area contributed by atoms with Crippen molar-refractivity contribution in [2.75, 3.05) is 37.7 Å². The van der Waals surface area contributed by atoms with E-state index in [-0.39, 0.29) is 40.0 Å². The van der Waals surface area contributed by atoms with Gasteiger partial charge in [-0.1, -0.05) is 24.5 Å². The highest BCUT2D eigenvalue weighted by Crippen LogP contribution is 2.47. The van der Waals surface area contributed by atoms with Crippen LogP contribution in [0.2, 0.25) is 0 Å². The summed E-state index contributed by atoms with van der Waals surface area (Å²) >= 11 is 0. The summed E-state index contributed by atoms with van der Waals surface area (Å²) in [6.07, 6.45) is 17.4. The van der Waals surface area contributed by atoms with E-state index < -0.39 is 5.82 Å². The molecular formula is C36H39FN6O2. The lowest BCUT2D eigenvalue weighted by atomic mass is 9.74. The Morgan fingerprint density at radius 3 is 2.58 bits per heavy atom. The molecule has 1 aliphatic carbocycles. The number of ether oxygens (including phenoxy) is 1. The molecule has 9 heteroatoms. The van der Waals surface area contributed by atoms with Gasteiger partial charge in [0.2, 0.25) is 0 Å². The van der Waals surface area contributed by atoms with Crippen molar-refractivity contribution in [1.82, 2.24) is 19.9 Å². The van der Waals surface area contributed by atoms with Crippen molar-refractivity contribution in [3.63, 3.8) is 0 Å². The van der Waals surface area contributed by atoms with Gasteiger partial charge in [-0.3, -0.25) is 9.88 Å². The van der Waals surface area contributed by atoms with Gasteiger partial charge >= 0.3 is 6.01 Å². The summed E-state index contributed by atoms with van der Waals surface area (Å²) in [6, 6.07) is 9.03. The summed E-state index contributed by atoms with van der Waals surface area (Å²) in [5.74, 6) is 2.76. The molecule has 4 fully saturated rings. The molecule has 3 aliphatic heterocycles. The Balaban J connectivity index is 1.24. The van der Waals surface area contributed by atoms with Crippen molar-refractivity contribution >= 4 is 27.5 Å². The number of benzene rings is 2. The van der Waals surface area contributed by atoms with Crippen molar-refractivity contribution in [2.24, 2.45) is 11.1 Å². The normalized spacial score (nSPS) is 22.3. The van der Waals surface area contributed by atoms with Gasteiger partial charge in [-0.15, -0.1) is 6.42 Å². The molecule has 0 amide bonds. The average molecular weight is 607 g/mol. The number of anilines is 1. The van der Waals surface area contributed by atoms with Gasteiger partial charge in [-0.05, 0) is 93.5 Å². The van der Waals surface area contributed by atoms with Gasteiger partial charge in [-0.25, -0.2) is 4.39 Å². The van der Waals surface area contributed by atoms with Crippen molar-refractivity contribution in [3.8, 4) is 35.4 Å². The first-order valence-corrected chi connectivity index (χ1v) is 16.4. The number of rotatable bonds is 5. The number of aromatic nitrogens is 3. The third-order valence-electron chi connectivity index (χ3n) is 11.3. The van der Waals surface area contributed by atoms with Gasteiger partial charge in [0.15, 0.2) is 5.82 Å². The number of hydrogen-bond donors (Lipinski definition) is 2.